The third-order valence-electron chi connectivity index (χ3n) is 2.12. The molecule has 14 heavy (non-hydrogen) atoms. The average molecular weight is 200 g/mol. The Morgan fingerprint density at radius 2 is 1.93 bits per heavy atom. The number of rotatable bonds is 6. The standard InChI is InChI=1S/C11H24N2O/c1-5-7-8-13(6-2)10(14)9-11(3,4)12/h5-9,12H2,1-4H3. The molecule has 3 nitrogen and oxygen atoms in total. The first-order valence-corrected chi connectivity index (χ1v) is 5.47. The van der Waals surface area contributed by atoms with Crippen molar-refractivity contribution in [3.8, 4) is 0 Å². The summed E-state index contributed by atoms with van der Waals surface area (Å²) >= 11 is 0. The molecule has 0 saturated carbocycles. The van der Waals surface area contributed by atoms with E-state index in [-0.39, 0.29) is 5.91 Å². The van der Waals surface area contributed by atoms with Crippen LogP contribution < -0.4 is 5.73 Å². The van der Waals surface area contributed by atoms with Crippen molar-refractivity contribution in [1.82, 2.24) is 4.90 Å². The third-order valence-corrected chi connectivity index (χ3v) is 2.12. The molecular weight excluding hydrogens is 176 g/mol. The summed E-state index contributed by atoms with van der Waals surface area (Å²) in [5, 5.41) is 0. The molecule has 0 aromatic heterocycles. The van der Waals surface area contributed by atoms with Gasteiger partial charge in [-0.2, -0.15) is 0 Å². The predicted molar refractivity (Wildman–Crippen MR) is 60.0 cm³/mol. The number of nitrogens with two attached hydrogens (primary N) is 1. The predicted octanol–water partition coefficient (Wildman–Crippen LogP) is 1.76. The monoisotopic (exact) mass is 200 g/mol. The highest BCUT2D eigenvalue weighted by molar-refractivity contribution is 5.77. The van der Waals surface area contributed by atoms with Gasteiger partial charge >= 0.3 is 0 Å². The van der Waals surface area contributed by atoms with Crippen LogP contribution in [0.1, 0.15) is 47.0 Å². The number of unbranched alkanes of at least 4 members (excludes halogenated alkanes) is 1. The van der Waals surface area contributed by atoms with Gasteiger partial charge in [-0.25, -0.2) is 0 Å². The molecule has 3 heteroatoms. The van der Waals surface area contributed by atoms with Gasteiger partial charge in [-0.3, -0.25) is 4.79 Å². The van der Waals surface area contributed by atoms with E-state index < -0.39 is 5.54 Å². The van der Waals surface area contributed by atoms with Gasteiger partial charge in [0.2, 0.25) is 5.91 Å². The van der Waals surface area contributed by atoms with Gasteiger partial charge in [0, 0.05) is 25.0 Å². The maximum absolute atomic E-state index is 11.7. The molecule has 0 aliphatic carbocycles. The first-order chi connectivity index (χ1) is 6.40. The minimum Gasteiger partial charge on any atom is -0.343 e. The molecule has 0 atom stereocenters. The molecule has 0 fully saturated rings. The van der Waals surface area contributed by atoms with Crippen LogP contribution in [0.4, 0.5) is 0 Å². The Morgan fingerprint density at radius 3 is 2.29 bits per heavy atom. The van der Waals surface area contributed by atoms with Crippen LogP contribution in [0, 0.1) is 0 Å². The Balaban J connectivity index is 4.04. The fraction of sp³-hybridized carbons (Fsp3) is 0.909. The minimum atomic E-state index is -0.392. The van der Waals surface area contributed by atoms with Crippen molar-refractivity contribution < 1.29 is 4.79 Å². The van der Waals surface area contributed by atoms with Gasteiger partial charge in [-0.15, -0.1) is 0 Å². The van der Waals surface area contributed by atoms with Crippen LogP contribution in [-0.2, 0) is 4.79 Å². The Morgan fingerprint density at radius 1 is 1.36 bits per heavy atom. The normalized spacial score (nSPS) is 11.5. The summed E-state index contributed by atoms with van der Waals surface area (Å²) in [6, 6.07) is 0. The number of carbonyl (C=O) groups is 1. The topological polar surface area (TPSA) is 46.3 Å². The van der Waals surface area contributed by atoms with Crippen molar-refractivity contribution in [2.24, 2.45) is 5.73 Å². The quantitative estimate of drug-likeness (QED) is 0.710. The van der Waals surface area contributed by atoms with E-state index in [1.807, 2.05) is 25.7 Å². The van der Waals surface area contributed by atoms with Gasteiger partial charge in [0.05, 0.1) is 0 Å². The number of amides is 1. The molecule has 84 valence electrons. The zero-order valence-corrected chi connectivity index (χ0v) is 9.97. The van der Waals surface area contributed by atoms with Crippen LogP contribution >= 0.6 is 0 Å². The largest absolute Gasteiger partial charge is 0.343 e. The molecule has 0 aromatic rings. The van der Waals surface area contributed by atoms with Gasteiger partial charge in [0.1, 0.15) is 0 Å². The van der Waals surface area contributed by atoms with Crippen molar-refractivity contribution in [3.63, 3.8) is 0 Å². The smallest absolute Gasteiger partial charge is 0.224 e. The minimum absolute atomic E-state index is 0.174. The van der Waals surface area contributed by atoms with Crippen molar-refractivity contribution >= 4 is 5.91 Å². The number of carbonyl (C=O) groups excluding carboxylic acids is 1. The average Bonchev–Trinajstić information content (AvgIpc) is 2.02. The highest BCUT2D eigenvalue weighted by atomic mass is 16.2. The first kappa shape index (κ1) is 13.4. The summed E-state index contributed by atoms with van der Waals surface area (Å²) in [6.07, 6.45) is 2.63. The molecule has 0 rings (SSSR count). The molecule has 0 bridgehead atoms. The summed E-state index contributed by atoms with van der Waals surface area (Å²) in [7, 11) is 0. The van der Waals surface area contributed by atoms with Crippen molar-refractivity contribution in [2.75, 3.05) is 13.1 Å². The highest BCUT2D eigenvalue weighted by Gasteiger charge is 2.19. The molecule has 0 aromatic carbocycles. The fourth-order valence-electron chi connectivity index (χ4n) is 1.31. The van der Waals surface area contributed by atoms with Crippen LogP contribution in [-0.4, -0.2) is 29.4 Å². The second kappa shape index (κ2) is 6.02. The fourth-order valence-corrected chi connectivity index (χ4v) is 1.31. The summed E-state index contributed by atoms with van der Waals surface area (Å²) in [4.78, 5) is 13.6. The molecule has 0 heterocycles. The van der Waals surface area contributed by atoms with Crippen LogP contribution in [0.15, 0.2) is 0 Å². The van der Waals surface area contributed by atoms with E-state index in [0.29, 0.717) is 6.42 Å². The lowest BCUT2D eigenvalue weighted by Gasteiger charge is -2.25. The summed E-state index contributed by atoms with van der Waals surface area (Å²) < 4.78 is 0. The zero-order valence-electron chi connectivity index (χ0n) is 9.97. The van der Waals surface area contributed by atoms with E-state index in [0.717, 1.165) is 25.9 Å². The summed E-state index contributed by atoms with van der Waals surface area (Å²) in [5.74, 6) is 0.174. The summed E-state index contributed by atoms with van der Waals surface area (Å²) in [6.45, 7) is 9.57. The Bertz CT molecular complexity index is 173. The Kier molecular flexibility index (Phi) is 5.77. The van der Waals surface area contributed by atoms with Crippen molar-refractivity contribution in [3.05, 3.63) is 0 Å². The molecular formula is C11H24N2O. The lowest BCUT2D eigenvalue weighted by Crippen LogP contribution is -2.41. The first-order valence-electron chi connectivity index (χ1n) is 5.47. The number of hydrogen-bond donors (Lipinski definition) is 1. The van der Waals surface area contributed by atoms with E-state index in [9.17, 15) is 4.79 Å². The lowest BCUT2D eigenvalue weighted by atomic mass is 10.0. The van der Waals surface area contributed by atoms with E-state index in [1.54, 1.807) is 0 Å². The lowest BCUT2D eigenvalue weighted by molar-refractivity contribution is -0.132. The zero-order chi connectivity index (χ0) is 11.2. The van der Waals surface area contributed by atoms with Crippen LogP contribution in [0.3, 0.4) is 0 Å². The maximum Gasteiger partial charge on any atom is 0.224 e. The maximum atomic E-state index is 11.7. The van der Waals surface area contributed by atoms with E-state index in [4.69, 9.17) is 5.73 Å². The van der Waals surface area contributed by atoms with Gasteiger partial charge in [0.15, 0.2) is 0 Å². The van der Waals surface area contributed by atoms with Gasteiger partial charge < -0.3 is 10.6 Å². The second-order valence-electron chi connectivity index (χ2n) is 4.49. The van der Waals surface area contributed by atoms with Gasteiger partial charge in [-0.05, 0) is 27.2 Å². The molecule has 0 unspecified atom stereocenters. The summed E-state index contributed by atoms with van der Waals surface area (Å²) in [5.41, 5.74) is 5.42. The SMILES string of the molecule is CCCCN(CC)C(=O)CC(C)(C)N. The number of hydrogen-bond acceptors (Lipinski definition) is 2. The molecule has 1 amide bonds. The molecule has 2 N–H and O–H groups in total. The molecule has 0 aliphatic heterocycles. The van der Waals surface area contributed by atoms with Crippen molar-refractivity contribution in [2.45, 2.75) is 52.5 Å². The highest BCUT2D eigenvalue weighted by Crippen LogP contribution is 2.07. The van der Waals surface area contributed by atoms with E-state index in [2.05, 4.69) is 6.92 Å². The Hall–Kier alpha value is -0.570. The van der Waals surface area contributed by atoms with E-state index in [1.165, 1.54) is 0 Å². The molecule has 0 saturated heterocycles. The second-order valence-corrected chi connectivity index (χ2v) is 4.49. The van der Waals surface area contributed by atoms with Crippen LogP contribution in [0.5, 0.6) is 0 Å². The molecule has 0 aliphatic rings. The Labute approximate surface area is 87.6 Å². The van der Waals surface area contributed by atoms with Crippen molar-refractivity contribution in [1.29, 1.82) is 0 Å². The van der Waals surface area contributed by atoms with Crippen LogP contribution in [0.2, 0.25) is 0 Å². The van der Waals surface area contributed by atoms with Crippen LogP contribution in [0.25, 0.3) is 0 Å². The van der Waals surface area contributed by atoms with Gasteiger partial charge in [0.25, 0.3) is 0 Å². The molecule has 0 spiro atoms. The van der Waals surface area contributed by atoms with Gasteiger partial charge in [-0.1, -0.05) is 13.3 Å². The number of nitrogens with zero attached hydrogens (tertiary/aromatic N) is 1. The molecule has 0 radical (unpaired) electrons. The third kappa shape index (κ3) is 5.97. The van der Waals surface area contributed by atoms with E-state index >= 15 is 0 Å².